The van der Waals surface area contributed by atoms with Gasteiger partial charge < -0.3 is 5.32 Å². The van der Waals surface area contributed by atoms with Crippen molar-refractivity contribution in [3.8, 4) is 0 Å². The van der Waals surface area contributed by atoms with Crippen LogP contribution in [-0.4, -0.2) is 31.7 Å². The van der Waals surface area contributed by atoms with Crippen molar-refractivity contribution in [2.45, 2.75) is 31.2 Å². The van der Waals surface area contributed by atoms with Crippen molar-refractivity contribution < 1.29 is 13.2 Å². The quantitative estimate of drug-likeness (QED) is 0.442. The Morgan fingerprint density at radius 3 is 2.34 bits per heavy atom. The number of carbonyl (C=O) groups excluding carboxylic acids is 1. The first-order valence-electron chi connectivity index (χ1n) is 10.4. The third kappa shape index (κ3) is 6.51. The number of nitrogens with zero attached hydrogens (tertiary/aromatic N) is 1. The Kier molecular flexibility index (Phi) is 8.23. The van der Waals surface area contributed by atoms with E-state index in [1.165, 1.54) is 4.31 Å². The van der Waals surface area contributed by atoms with Crippen LogP contribution in [0.15, 0.2) is 88.2 Å². The van der Waals surface area contributed by atoms with E-state index in [1.807, 2.05) is 68.4 Å². The minimum atomic E-state index is -3.83. The molecule has 0 saturated heterocycles. The van der Waals surface area contributed by atoms with Gasteiger partial charge in [-0.15, -0.1) is 0 Å². The van der Waals surface area contributed by atoms with E-state index < -0.39 is 10.0 Å². The van der Waals surface area contributed by atoms with E-state index >= 15 is 0 Å². The second-order valence-corrected chi connectivity index (χ2v) is 10.6. The van der Waals surface area contributed by atoms with Gasteiger partial charge in [0.2, 0.25) is 15.9 Å². The van der Waals surface area contributed by atoms with Gasteiger partial charge in [-0.1, -0.05) is 76.1 Å². The molecule has 3 aromatic carbocycles. The van der Waals surface area contributed by atoms with E-state index in [0.29, 0.717) is 6.42 Å². The third-order valence-electron chi connectivity index (χ3n) is 5.20. The highest BCUT2D eigenvalue weighted by molar-refractivity contribution is 9.10. The van der Waals surface area contributed by atoms with Crippen LogP contribution >= 0.6 is 15.9 Å². The van der Waals surface area contributed by atoms with Crippen molar-refractivity contribution in [1.82, 2.24) is 9.62 Å². The average Bonchev–Trinajstić information content (AvgIpc) is 2.77. The molecule has 0 saturated carbocycles. The fourth-order valence-corrected chi connectivity index (χ4v) is 5.16. The molecular weight excluding hydrogens is 488 g/mol. The van der Waals surface area contributed by atoms with Gasteiger partial charge in [0, 0.05) is 11.0 Å². The molecule has 3 aromatic rings. The maximum Gasteiger partial charge on any atom is 0.243 e. The van der Waals surface area contributed by atoms with Gasteiger partial charge >= 0.3 is 0 Å². The van der Waals surface area contributed by atoms with Crippen molar-refractivity contribution in [2.24, 2.45) is 0 Å². The number of hydrogen-bond donors (Lipinski definition) is 1. The van der Waals surface area contributed by atoms with Crippen LogP contribution < -0.4 is 5.32 Å². The molecule has 0 unspecified atom stereocenters. The van der Waals surface area contributed by atoms with E-state index in [2.05, 4.69) is 21.2 Å². The molecule has 3 rings (SSSR count). The minimum Gasteiger partial charge on any atom is -0.348 e. The Morgan fingerprint density at radius 1 is 1.00 bits per heavy atom. The smallest absolute Gasteiger partial charge is 0.243 e. The Balaban J connectivity index is 1.78. The predicted molar refractivity (Wildman–Crippen MR) is 131 cm³/mol. The monoisotopic (exact) mass is 514 g/mol. The summed E-state index contributed by atoms with van der Waals surface area (Å²) >= 11 is 3.44. The highest BCUT2D eigenvalue weighted by Crippen LogP contribution is 2.19. The van der Waals surface area contributed by atoms with E-state index in [0.717, 1.165) is 21.2 Å². The van der Waals surface area contributed by atoms with Gasteiger partial charge in [-0.25, -0.2) is 8.42 Å². The van der Waals surface area contributed by atoms with Crippen molar-refractivity contribution >= 4 is 31.9 Å². The number of hydrogen-bond acceptors (Lipinski definition) is 3. The molecule has 0 bridgehead atoms. The maximum atomic E-state index is 13.3. The summed E-state index contributed by atoms with van der Waals surface area (Å²) in [6, 6.07) is 23.8. The highest BCUT2D eigenvalue weighted by atomic mass is 79.9. The Labute approximate surface area is 198 Å². The number of rotatable bonds is 9. The molecule has 168 valence electrons. The summed E-state index contributed by atoms with van der Waals surface area (Å²) in [5.41, 5.74) is 2.92. The molecule has 0 aromatic heterocycles. The molecule has 5 nitrogen and oxygen atoms in total. The highest BCUT2D eigenvalue weighted by Gasteiger charge is 2.27. The van der Waals surface area contributed by atoms with Crippen LogP contribution in [-0.2, 0) is 21.2 Å². The Bertz CT molecular complexity index is 1150. The molecule has 1 amide bonds. The number of aryl methyl sites for hydroxylation is 1. The Hall–Kier alpha value is -2.48. The van der Waals surface area contributed by atoms with E-state index in [1.54, 1.807) is 24.3 Å². The zero-order valence-electron chi connectivity index (χ0n) is 18.2. The summed E-state index contributed by atoms with van der Waals surface area (Å²) in [7, 11) is -3.83. The molecule has 32 heavy (non-hydrogen) atoms. The number of nitrogens with one attached hydrogen (secondary N) is 1. The lowest BCUT2D eigenvalue weighted by atomic mass is 10.1. The zero-order valence-corrected chi connectivity index (χ0v) is 20.6. The molecular formula is C25H27BrN2O3S. The first-order valence-corrected chi connectivity index (χ1v) is 12.6. The molecule has 1 N–H and O–H groups in total. The normalized spacial score (nSPS) is 12.5. The van der Waals surface area contributed by atoms with Crippen LogP contribution in [0, 0.1) is 6.92 Å². The molecule has 0 aliphatic heterocycles. The summed E-state index contributed by atoms with van der Waals surface area (Å²) in [5, 5.41) is 2.92. The second kappa shape index (κ2) is 10.9. The van der Waals surface area contributed by atoms with Gasteiger partial charge in [0.15, 0.2) is 0 Å². The molecule has 1 atom stereocenters. The predicted octanol–water partition coefficient (Wildman–Crippen LogP) is 4.87. The Morgan fingerprint density at radius 2 is 1.69 bits per heavy atom. The van der Waals surface area contributed by atoms with Crippen LogP contribution in [0.1, 0.15) is 29.7 Å². The summed E-state index contributed by atoms with van der Waals surface area (Å²) in [4.78, 5) is 13.0. The fraction of sp³-hybridized carbons (Fsp3) is 0.240. The lowest BCUT2D eigenvalue weighted by Crippen LogP contribution is -2.42. The SMILES string of the molecule is Cc1ccc(S(=O)(=O)N(CCc2ccccc2)CC(=O)N[C@H](C)c2cccc(Br)c2)cc1. The number of sulfonamides is 1. The van der Waals surface area contributed by atoms with E-state index in [-0.39, 0.29) is 29.9 Å². The summed E-state index contributed by atoms with van der Waals surface area (Å²) in [6.07, 6.45) is 0.514. The van der Waals surface area contributed by atoms with Crippen molar-refractivity contribution in [3.63, 3.8) is 0 Å². The number of halogens is 1. The summed E-state index contributed by atoms with van der Waals surface area (Å²) < 4.78 is 28.9. The maximum absolute atomic E-state index is 13.3. The molecule has 0 aliphatic carbocycles. The van der Waals surface area contributed by atoms with Crippen molar-refractivity contribution in [3.05, 3.63) is 100 Å². The van der Waals surface area contributed by atoms with Crippen LogP contribution in [0.25, 0.3) is 0 Å². The van der Waals surface area contributed by atoms with Crippen molar-refractivity contribution in [2.75, 3.05) is 13.1 Å². The van der Waals surface area contributed by atoms with E-state index in [9.17, 15) is 13.2 Å². The summed E-state index contributed by atoms with van der Waals surface area (Å²) in [6.45, 7) is 3.74. The minimum absolute atomic E-state index is 0.184. The molecule has 0 fully saturated rings. The van der Waals surface area contributed by atoms with Gasteiger partial charge in [0.25, 0.3) is 0 Å². The largest absolute Gasteiger partial charge is 0.348 e. The fourth-order valence-electron chi connectivity index (χ4n) is 3.35. The molecule has 0 heterocycles. The van der Waals surface area contributed by atoms with Gasteiger partial charge in [-0.3, -0.25) is 4.79 Å². The molecule has 0 radical (unpaired) electrons. The van der Waals surface area contributed by atoms with Crippen LogP contribution in [0.5, 0.6) is 0 Å². The van der Waals surface area contributed by atoms with E-state index in [4.69, 9.17) is 0 Å². The van der Waals surface area contributed by atoms with Crippen LogP contribution in [0.4, 0.5) is 0 Å². The topological polar surface area (TPSA) is 66.5 Å². The third-order valence-corrected chi connectivity index (χ3v) is 7.55. The standard InChI is InChI=1S/C25H27BrN2O3S/c1-19-11-13-24(14-12-19)32(30,31)28(16-15-21-7-4-3-5-8-21)18-25(29)27-20(2)22-9-6-10-23(26)17-22/h3-14,17,20H,15-16,18H2,1-2H3,(H,27,29)/t20-/m1/s1. The number of amides is 1. The lowest BCUT2D eigenvalue weighted by Gasteiger charge is -2.23. The average molecular weight is 515 g/mol. The number of carbonyl (C=O) groups is 1. The van der Waals surface area contributed by atoms with Crippen LogP contribution in [0.3, 0.4) is 0 Å². The molecule has 7 heteroatoms. The lowest BCUT2D eigenvalue weighted by molar-refractivity contribution is -0.121. The zero-order chi connectivity index (χ0) is 23.1. The van der Waals surface area contributed by atoms with Crippen LogP contribution in [0.2, 0.25) is 0 Å². The first kappa shape index (κ1) is 24.2. The van der Waals surface area contributed by atoms with Gasteiger partial charge in [0.05, 0.1) is 17.5 Å². The second-order valence-electron chi connectivity index (χ2n) is 7.73. The van der Waals surface area contributed by atoms with Gasteiger partial charge in [0.1, 0.15) is 0 Å². The van der Waals surface area contributed by atoms with Gasteiger partial charge in [-0.05, 0) is 55.7 Å². The summed E-state index contributed by atoms with van der Waals surface area (Å²) in [5.74, 6) is -0.346. The first-order chi connectivity index (χ1) is 15.3. The van der Waals surface area contributed by atoms with Crippen molar-refractivity contribution in [1.29, 1.82) is 0 Å². The molecule has 0 spiro atoms. The number of benzene rings is 3. The molecule has 0 aliphatic rings. The van der Waals surface area contributed by atoms with Gasteiger partial charge in [-0.2, -0.15) is 4.31 Å².